The number of rotatable bonds is 3. The van der Waals surface area contributed by atoms with E-state index in [1.165, 1.54) is 6.42 Å². The first-order valence-electron chi connectivity index (χ1n) is 6.40. The SMILES string of the molecule is O=S(=O)(N[C@@H]1CCCNC1)C1CCCCC1. The zero-order valence-electron chi connectivity index (χ0n) is 9.74. The predicted octanol–water partition coefficient (Wildman–Crippen LogP) is 0.990. The summed E-state index contributed by atoms with van der Waals surface area (Å²) in [5.74, 6) is 0. The van der Waals surface area contributed by atoms with E-state index in [-0.39, 0.29) is 11.3 Å². The molecule has 0 amide bonds. The Kier molecular flexibility index (Phi) is 4.21. The topological polar surface area (TPSA) is 58.2 Å². The predicted molar refractivity (Wildman–Crippen MR) is 64.8 cm³/mol. The van der Waals surface area contributed by atoms with Gasteiger partial charge in [0, 0.05) is 12.6 Å². The van der Waals surface area contributed by atoms with Crippen molar-refractivity contribution in [1.29, 1.82) is 0 Å². The van der Waals surface area contributed by atoms with Crippen molar-refractivity contribution in [1.82, 2.24) is 10.0 Å². The summed E-state index contributed by atoms with van der Waals surface area (Å²) in [6.45, 7) is 1.80. The first-order chi connectivity index (χ1) is 7.68. The number of nitrogens with one attached hydrogen (secondary N) is 2. The van der Waals surface area contributed by atoms with Crippen molar-refractivity contribution >= 4 is 10.0 Å². The van der Waals surface area contributed by atoms with Crippen LogP contribution in [0.5, 0.6) is 0 Å². The molecule has 0 radical (unpaired) electrons. The van der Waals surface area contributed by atoms with Crippen LogP contribution in [0.2, 0.25) is 0 Å². The summed E-state index contributed by atoms with van der Waals surface area (Å²) < 4.78 is 27.1. The van der Waals surface area contributed by atoms with Crippen LogP contribution in [0.3, 0.4) is 0 Å². The van der Waals surface area contributed by atoms with Crippen molar-refractivity contribution < 1.29 is 8.42 Å². The molecule has 5 heteroatoms. The molecule has 0 bridgehead atoms. The monoisotopic (exact) mass is 246 g/mol. The molecule has 94 valence electrons. The van der Waals surface area contributed by atoms with E-state index >= 15 is 0 Å². The van der Waals surface area contributed by atoms with E-state index in [4.69, 9.17) is 0 Å². The van der Waals surface area contributed by atoms with Gasteiger partial charge in [0.15, 0.2) is 0 Å². The highest BCUT2D eigenvalue weighted by Gasteiger charge is 2.29. The van der Waals surface area contributed by atoms with Gasteiger partial charge in [-0.15, -0.1) is 0 Å². The zero-order chi connectivity index (χ0) is 11.4. The van der Waals surface area contributed by atoms with Gasteiger partial charge in [0.05, 0.1) is 5.25 Å². The average molecular weight is 246 g/mol. The van der Waals surface area contributed by atoms with Gasteiger partial charge in [-0.25, -0.2) is 13.1 Å². The fraction of sp³-hybridized carbons (Fsp3) is 1.00. The summed E-state index contributed by atoms with van der Waals surface area (Å²) in [6.07, 6.45) is 7.04. The highest BCUT2D eigenvalue weighted by molar-refractivity contribution is 7.90. The standard InChI is InChI=1S/C11H22N2O2S/c14-16(15,11-6-2-1-3-7-11)13-10-5-4-8-12-9-10/h10-13H,1-9H2/t10-/m1/s1. The van der Waals surface area contributed by atoms with Gasteiger partial charge >= 0.3 is 0 Å². The van der Waals surface area contributed by atoms with Crippen LogP contribution in [-0.2, 0) is 10.0 Å². The molecule has 1 heterocycles. The molecular weight excluding hydrogens is 224 g/mol. The van der Waals surface area contributed by atoms with Gasteiger partial charge in [-0.1, -0.05) is 19.3 Å². The van der Waals surface area contributed by atoms with Crippen molar-refractivity contribution in [3.8, 4) is 0 Å². The molecule has 0 unspecified atom stereocenters. The minimum absolute atomic E-state index is 0.112. The van der Waals surface area contributed by atoms with Gasteiger partial charge < -0.3 is 5.32 Å². The third-order valence-corrected chi connectivity index (χ3v) is 5.63. The summed E-state index contributed by atoms with van der Waals surface area (Å²) in [7, 11) is -3.07. The largest absolute Gasteiger partial charge is 0.315 e. The summed E-state index contributed by atoms with van der Waals surface area (Å²) in [5.41, 5.74) is 0. The fourth-order valence-corrected chi connectivity index (χ4v) is 4.47. The number of sulfonamides is 1. The molecule has 1 saturated heterocycles. The molecule has 1 saturated carbocycles. The molecule has 0 aromatic rings. The summed E-state index contributed by atoms with van der Waals surface area (Å²) in [5, 5.41) is 3.10. The normalized spacial score (nSPS) is 29.1. The third-order valence-electron chi connectivity index (χ3n) is 3.62. The molecule has 4 nitrogen and oxygen atoms in total. The van der Waals surface area contributed by atoms with Crippen LogP contribution in [0.25, 0.3) is 0 Å². The molecular formula is C11H22N2O2S. The van der Waals surface area contributed by atoms with Crippen molar-refractivity contribution in [3.63, 3.8) is 0 Å². The van der Waals surface area contributed by atoms with E-state index < -0.39 is 10.0 Å². The van der Waals surface area contributed by atoms with Gasteiger partial charge in [-0.2, -0.15) is 0 Å². The van der Waals surface area contributed by atoms with Gasteiger partial charge in [-0.3, -0.25) is 0 Å². The van der Waals surface area contributed by atoms with E-state index in [2.05, 4.69) is 10.0 Å². The van der Waals surface area contributed by atoms with Crippen LogP contribution >= 0.6 is 0 Å². The first kappa shape index (κ1) is 12.3. The molecule has 2 fully saturated rings. The Balaban J connectivity index is 1.90. The van der Waals surface area contributed by atoms with E-state index in [9.17, 15) is 8.42 Å². The van der Waals surface area contributed by atoms with Crippen LogP contribution in [0, 0.1) is 0 Å². The Morgan fingerprint density at radius 1 is 1.00 bits per heavy atom. The number of piperidine rings is 1. The molecule has 2 aliphatic rings. The molecule has 0 aromatic heterocycles. The number of hydrogen-bond acceptors (Lipinski definition) is 3. The zero-order valence-corrected chi connectivity index (χ0v) is 10.6. The molecule has 0 spiro atoms. The maximum absolute atomic E-state index is 12.1. The smallest absolute Gasteiger partial charge is 0.214 e. The van der Waals surface area contributed by atoms with Crippen LogP contribution in [0.15, 0.2) is 0 Å². The average Bonchev–Trinajstić information content (AvgIpc) is 2.31. The van der Waals surface area contributed by atoms with Crippen LogP contribution in [0.4, 0.5) is 0 Å². The fourth-order valence-electron chi connectivity index (χ4n) is 2.66. The van der Waals surface area contributed by atoms with Crippen molar-refractivity contribution in [2.24, 2.45) is 0 Å². The second kappa shape index (κ2) is 5.47. The van der Waals surface area contributed by atoms with E-state index in [1.807, 2.05) is 0 Å². The van der Waals surface area contributed by atoms with Gasteiger partial charge in [-0.05, 0) is 32.2 Å². The van der Waals surface area contributed by atoms with Crippen molar-refractivity contribution in [3.05, 3.63) is 0 Å². The van der Waals surface area contributed by atoms with Gasteiger partial charge in [0.25, 0.3) is 0 Å². The van der Waals surface area contributed by atoms with Crippen molar-refractivity contribution in [2.45, 2.75) is 56.2 Å². The second-order valence-corrected chi connectivity index (χ2v) is 6.96. The molecule has 0 aromatic carbocycles. The van der Waals surface area contributed by atoms with Crippen molar-refractivity contribution in [2.75, 3.05) is 13.1 Å². The highest BCUT2D eigenvalue weighted by atomic mass is 32.2. The summed E-state index contributed by atoms with van der Waals surface area (Å²) in [4.78, 5) is 0. The van der Waals surface area contributed by atoms with Gasteiger partial charge in [0.2, 0.25) is 10.0 Å². The molecule has 1 aliphatic carbocycles. The molecule has 1 atom stereocenters. The lowest BCUT2D eigenvalue weighted by Gasteiger charge is -2.28. The highest BCUT2D eigenvalue weighted by Crippen LogP contribution is 2.23. The molecule has 2 N–H and O–H groups in total. The van der Waals surface area contributed by atoms with Crippen LogP contribution < -0.4 is 10.0 Å². The van der Waals surface area contributed by atoms with E-state index in [0.29, 0.717) is 0 Å². The Hall–Kier alpha value is -0.130. The molecule has 2 rings (SSSR count). The molecule has 1 aliphatic heterocycles. The third kappa shape index (κ3) is 3.18. The second-order valence-electron chi connectivity index (χ2n) is 4.97. The summed E-state index contributed by atoms with van der Waals surface area (Å²) in [6, 6.07) is 0.112. The Morgan fingerprint density at radius 3 is 2.38 bits per heavy atom. The lowest BCUT2D eigenvalue weighted by atomic mass is 10.0. The van der Waals surface area contributed by atoms with Crippen LogP contribution in [-0.4, -0.2) is 32.8 Å². The Morgan fingerprint density at radius 2 is 1.75 bits per heavy atom. The minimum Gasteiger partial charge on any atom is -0.315 e. The van der Waals surface area contributed by atoms with Gasteiger partial charge in [0.1, 0.15) is 0 Å². The minimum atomic E-state index is -3.07. The maximum atomic E-state index is 12.1. The number of hydrogen-bond donors (Lipinski definition) is 2. The van der Waals surface area contributed by atoms with E-state index in [1.54, 1.807) is 0 Å². The Bertz CT molecular complexity index is 304. The van der Waals surface area contributed by atoms with Crippen LogP contribution in [0.1, 0.15) is 44.9 Å². The van der Waals surface area contributed by atoms with E-state index in [0.717, 1.165) is 51.6 Å². The quantitative estimate of drug-likeness (QED) is 0.781. The summed E-state index contributed by atoms with van der Waals surface area (Å²) >= 11 is 0. The lowest BCUT2D eigenvalue weighted by molar-refractivity contribution is 0.418. The molecule has 16 heavy (non-hydrogen) atoms. The Labute approximate surface area is 98.2 Å². The first-order valence-corrected chi connectivity index (χ1v) is 7.95. The maximum Gasteiger partial charge on any atom is 0.214 e. The lowest BCUT2D eigenvalue weighted by Crippen LogP contribution is -2.48.